The number of rotatable bonds is 7. The van der Waals surface area contributed by atoms with Crippen molar-refractivity contribution in [3.8, 4) is 5.75 Å². The zero-order valence-corrected chi connectivity index (χ0v) is 20.1. The molecule has 0 amide bonds. The van der Waals surface area contributed by atoms with Gasteiger partial charge in [0.15, 0.2) is 11.6 Å². The summed E-state index contributed by atoms with van der Waals surface area (Å²) >= 11 is 0. The average molecular weight is 485 g/mol. The van der Waals surface area contributed by atoms with E-state index < -0.39 is 0 Å². The van der Waals surface area contributed by atoms with Crippen molar-refractivity contribution >= 4 is 24.8 Å². The highest BCUT2D eigenvalue weighted by atomic mass is 35.5. The maximum atomic E-state index is 14.9. The maximum absolute atomic E-state index is 14.9. The molecule has 0 radical (unpaired) electrons. The van der Waals surface area contributed by atoms with E-state index in [0.29, 0.717) is 6.61 Å². The zero-order chi connectivity index (χ0) is 20.8. The summed E-state index contributed by atoms with van der Waals surface area (Å²) in [6.45, 7) is 5.19. The van der Waals surface area contributed by atoms with Crippen molar-refractivity contribution in [3.63, 3.8) is 0 Å². The number of nitrogens with zero attached hydrogens (tertiary/aromatic N) is 1. The van der Waals surface area contributed by atoms with Crippen LogP contribution in [-0.4, -0.2) is 48.8 Å². The van der Waals surface area contributed by atoms with Gasteiger partial charge in [-0.2, -0.15) is 0 Å². The molecule has 32 heavy (non-hydrogen) atoms. The van der Waals surface area contributed by atoms with Gasteiger partial charge in [0.05, 0.1) is 6.10 Å². The summed E-state index contributed by atoms with van der Waals surface area (Å²) in [4.78, 5) is 2.44. The van der Waals surface area contributed by atoms with Gasteiger partial charge in [-0.05, 0) is 42.0 Å². The summed E-state index contributed by atoms with van der Waals surface area (Å²) in [5.74, 6) is 0.284. The Kier molecular flexibility index (Phi) is 11.2. The second-order valence-corrected chi connectivity index (χ2v) is 8.64. The number of aliphatic hydroxyl groups is 1. The van der Waals surface area contributed by atoms with Crippen LogP contribution in [0.25, 0.3) is 0 Å². The molecule has 7 heteroatoms. The standard InChI is InChI=1S/C25H33FN2O2.2ClH/c26-23-16-20(10-11-25(23)30-18-19-6-2-1-3-7-19)22(17-28-14-12-27-13-15-28)21-8-4-5-9-24(21)29;;/h1-3,6-7,10-11,16,21-22,24,27,29H,4-5,8-9,12-15,17-18H2;2*1H. The molecule has 1 saturated carbocycles. The first-order valence-corrected chi connectivity index (χ1v) is 11.3. The minimum Gasteiger partial charge on any atom is -0.486 e. The van der Waals surface area contributed by atoms with Crippen molar-refractivity contribution < 1.29 is 14.2 Å². The summed E-state index contributed by atoms with van der Waals surface area (Å²) in [5, 5.41) is 14.1. The van der Waals surface area contributed by atoms with E-state index >= 15 is 0 Å². The average Bonchev–Trinajstić information content (AvgIpc) is 2.79. The first-order valence-electron chi connectivity index (χ1n) is 11.3. The molecule has 178 valence electrons. The lowest BCUT2D eigenvalue weighted by molar-refractivity contribution is 0.0447. The third kappa shape index (κ3) is 7.06. The first kappa shape index (κ1) is 26.9. The van der Waals surface area contributed by atoms with Crippen molar-refractivity contribution in [2.24, 2.45) is 5.92 Å². The molecule has 2 aromatic rings. The summed E-state index contributed by atoms with van der Waals surface area (Å²) in [6, 6.07) is 15.2. The van der Waals surface area contributed by atoms with Gasteiger partial charge in [-0.3, -0.25) is 0 Å². The molecule has 2 N–H and O–H groups in total. The zero-order valence-electron chi connectivity index (χ0n) is 18.4. The minimum atomic E-state index is -0.320. The van der Waals surface area contributed by atoms with Crippen molar-refractivity contribution in [2.75, 3.05) is 32.7 Å². The van der Waals surface area contributed by atoms with Crippen LogP contribution in [-0.2, 0) is 6.61 Å². The predicted molar refractivity (Wildman–Crippen MR) is 132 cm³/mol. The van der Waals surface area contributed by atoms with Crippen LogP contribution < -0.4 is 10.1 Å². The second-order valence-electron chi connectivity index (χ2n) is 8.64. The Bertz CT molecular complexity index is 806. The number of hydrogen-bond donors (Lipinski definition) is 2. The Labute approximate surface area is 203 Å². The van der Waals surface area contributed by atoms with E-state index in [1.807, 2.05) is 36.4 Å². The van der Waals surface area contributed by atoms with Gasteiger partial charge in [0.1, 0.15) is 6.61 Å². The van der Waals surface area contributed by atoms with E-state index in [0.717, 1.165) is 69.5 Å². The van der Waals surface area contributed by atoms with Crippen molar-refractivity contribution in [1.29, 1.82) is 0 Å². The van der Waals surface area contributed by atoms with Crippen LogP contribution in [0.3, 0.4) is 0 Å². The third-order valence-corrected chi connectivity index (χ3v) is 6.58. The molecule has 1 heterocycles. The molecule has 2 aromatic carbocycles. The van der Waals surface area contributed by atoms with E-state index in [1.54, 1.807) is 12.1 Å². The normalized spacial score (nSPS) is 22.3. The number of piperazine rings is 1. The number of nitrogens with one attached hydrogen (secondary N) is 1. The summed E-state index contributed by atoms with van der Waals surface area (Å²) < 4.78 is 20.7. The number of hydrogen-bond acceptors (Lipinski definition) is 4. The lowest BCUT2D eigenvalue weighted by atomic mass is 9.74. The van der Waals surface area contributed by atoms with E-state index in [4.69, 9.17) is 4.74 Å². The van der Waals surface area contributed by atoms with E-state index in [-0.39, 0.29) is 54.3 Å². The van der Waals surface area contributed by atoms with Gasteiger partial charge in [-0.1, -0.05) is 49.2 Å². The Hall–Kier alpha value is -1.37. The summed E-state index contributed by atoms with van der Waals surface area (Å²) in [5.41, 5.74) is 1.99. The lowest BCUT2D eigenvalue weighted by Crippen LogP contribution is -2.46. The van der Waals surface area contributed by atoms with Crippen LogP contribution in [0.2, 0.25) is 0 Å². The van der Waals surface area contributed by atoms with E-state index in [9.17, 15) is 9.50 Å². The number of benzene rings is 2. The molecular weight excluding hydrogens is 450 g/mol. The van der Waals surface area contributed by atoms with Crippen LogP contribution >= 0.6 is 24.8 Å². The van der Waals surface area contributed by atoms with Crippen LogP contribution in [0.5, 0.6) is 5.75 Å². The van der Waals surface area contributed by atoms with Gasteiger partial charge in [0.25, 0.3) is 0 Å². The van der Waals surface area contributed by atoms with Crippen molar-refractivity contribution in [1.82, 2.24) is 10.2 Å². The number of aliphatic hydroxyl groups excluding tert-OH is 1. The quantitative estimate of drug-likeness (QED) is 0.592. The molecule has 2 aliphatic rings. The van der Waals surface area contributed by atoms with Gasteiger partial charge in [-0.15, -0.1) is 24.8 Å². The van der Waals surface area contributed by atoms with Crippen LogP contribution in [0.4, 0.5) is 4.39 Å². The van der Waals surface area contributed by atoms with Gasteiger partial charge in [0, 0.05) is 38.6 Å². The molecule has 1 aliphatic heterocycles. The molecule has 1 aliphatic carbocycles. The lowest BCUT2D eigenvalue weighted by Gasteiger charge is -2.38. The monoisotopic (exact) mass is 484 g/mol. The van der Waals surface area contributed by atoms with Crippen molar-refractivity contribution in [3.05, 3.63) is 65.5 Å². The number of ether oxygens (including phenoxy) is 1. The third-order valence-electron chi connectivity index (χ3n) is 6.58. The molecule has 4 rings (SSSR count). The highest BCUT2D eigenvalue weighted by Crippen LogP contribution is 2.38. The number of halogens is 3. The van der Waals surface area contributed by atoms with Crippen LogP contribution in [0, 0.1) is 11.7 Å². The summed E-state index contributed by atoms with van der Waals surface area (Å²) in [7, 11) is 0. The van der Waals surface area contributed by atoms with Gasteiger partial charge >= 0.3 is 0 Å². The molecule has 0 spiro atoms. The largest absolute Gasteiger partial charge is 0.486 e. The highest BCUT2D eigenvalue weighted by Gasteiger charge is 2.33. The fourth-order valence-corrected chi connectivity index (χ4v) is 4.87. The SMILES string of the molecule is Cl.Cl.OC1CCCCC1C(CN1CCNCC1)c1ccc(OCc2ccccc2)c(F)c1. The fraction of sp³-hybridized carbons (Fsp3) is 0.520. The Balaban J connectivity index is 0.00000181. The smallest absolute Gasteiger partial charge is 0.165 e. The molecular formula is C25H35Cl2FN2O2. The molecule has 0 aromatic heterocycles. The Morgan fingerprint density at radius 2 is 1.75 bits per heavy atom. The molecule has 4 nitrogen and oxygen atoms in total. The minimum absolute atomic E-state index is 0. The molecule has 0 bridgehead atoms. The molecule has 2 fully saturated rings. The Morgan fingerprint density at radius 1 is 1.03 bits per heavy atom. The molecule has 3 unspecified atom stereocenters. The molecule has 1 saturated heterocycles. The van der Waals surface area contributed by atoms with E-state index in [2.05, 4.69) is 10.2 Å². The van der Waals surface area contributed by atoms with Crippen molar-refractivity contribution in [2.45, 2.75) is 44.3 Å². The van der Waals surface area contributed by atoms with E-state index in [1.165, 1.54) is 0 Å². The van der Waals surface area contributed by atoms with Crippen LogP contribution in [0.15, 0.2) is 48.5 Å². The fourth-order valence-electron chi connectivity index (χ4n) is 4.87. The first-order chi connectivity index (χ1) is 14.7. The van der Waals surface area contributed by atoms with Gasteiger partial charge in [0.2, 0.25) is 0 Å². The topological polar surface area (TPSA) is 44.7 Å². The van der Waals surface area contributed by atoms with Gasteiger partial charge in [-0.25, -0.2) is 4.39 Å². The van der Waals surface area contributed by atoms with Crippen LogP contribution in [0.1, 0.15) is 42.7 Å². The van der Waals surface area contributed by atoms with Gasteiger partial charge < -0.3 is 20.1 Å². The highest BCUT2D eigenvalue weighted by molar-refractivity contribution is 5.85. The Morgan fingerprint density at radius 3 is 2.44 bits per heavy atom. The second kappa shape index (κ2) is 13.4. The predicted octanol–water partition coefficient (Wildman–Crippen LogP) is 4.79. The maximum Gasteiger partial charge on any atom is 0.165 e. The summed E-state index contributed by atoms with van der Waals surface area (Å²) in [6.07, 6.45) is 3.78. The molecule has 3 atom stereocenters.